The summed E-state index contributed by atoms with van der Waals surface area (Å²) in [6, 6.07) is 13.5. The van der Waals surface area contributed by atoms with E-state index in [0.717, 1.165) is 12.0 Å². The minimum atomic E-state index is -0.222. The van der Waals surface area contributed by atoms with Crippen molar-refractivity contribution in [1.82, 2.24) is 10.6 Å². The van der Waals surface area contributed by atoms with E-state index in [9.17, 15) is 9.59 Å². The van der Waals surface area contributed by atoms with Crippen LogP contribution in [0.25, 0.3) is 0 Å². The van der Waals surface area contributed by atoms with E-state index >= 15 is 0 Å². The molecule has 2 amide bonds. The predicted octanol–water partition coefficient (Wildman–Crippen LogP) is 2.76. The number of rotatable bonds is 9. The minimum Gasteiger partial charge on any atom is -0.374 e. The third-order valence-corrected chi connectivity index (χ3v) is 4.30. The highest BCUT2D eigenvalue weighted by Gasteiger charge is 2.08. The highest BCUT2D eigenvalue weighted by Crippen LogP contribution is 2.15. The van der Waals surface area contributed by atoms with Gasteiger partial charge < -0.3 is 15.4 Å². The SMILES string of the molecule is CC(OCCCNC(=O)CNC(=O)c1cccs1)c1ccccc1. The fraction of sp³-hybridized carbons (Fsp3) is 0.333. The first-order valence-electron chi connectivity index (χ1n) is 7.92. The van der Waals surface area contributed by atoms with Gasteiger partial charge in [0.1, 0.15) is 0 Å². The fourth-order valence-corrected chi connectivity index (χ4v) is 2.74. The summed E-state index contributed by atoms with van der Waals surface area (Å²) in [7, 11) is 0. The Hall–Kier alpha value is -2.18. The van der Waals surface area contributed by atoms with Crippen LogP contribution in [0.1, 0.15) is 34.7 Å². The standard InChI is InChI=1S/C18H22N2O3S/c1-14(15-7-3-2-4-8-15)23-11-6-10-19-17(21)13-20-18(22)16-9-5-12-24-16/h2-5,7-9,12,14H,6,10-11,13H2,1H3,(H,19,21)(H,20,22). The van der Waals surface area contributed by atoms with Gasteiger partial charge in [0.2, 0.25) is 5.91 Å². The molecular weight excluding hydrogens is 324 g/mol. The first-order valence-corrected chi connectivity index (χ1v) is 8.79. The van der Waals surface area contributed by atoms with Gasteiger partial charge in [0.25, 0.3) is 5.91 Å². The average molecular weight is 346 g/mol. The van der Waals surface area contributed by atoms with Crippen LogP contribution in [-0.2, 0) is 9.53 Å². The number of amides is 2. The van der Waals surface area contributed by atoms with Gasteiger partial charge in [0.05, 0.1) is 17.5 Å². The topological polar surface area (TPSA) is 67.4 Å². The molecule has 0 aliphatic carbocycles. The second kappa shape index (κ2) is 9.85. The van der Waals surface area contributed by atoms with Gasteiger partial charge in [0.15, 0.2) is 0 Å². The van der Waals surface area contributed by atoms with Crippen molar-refractivity contribution in [3.63, 3.8) is 0 Å². The summed E-state index contributed by atoms with van der Waals surface area (Å²) < 4.78 is 5.74. The molecule has 0 aliphatic rings. The molecule has 0 aliphatic heterocycles. The number of benzene rings is 1. The first kappa shape index (κ1) is 18.2. The van der Waals surface area contributed by atoms with E-state index in [1.807, 2.05) is 42.6 Å². The summed E-state index contributed by atoms with van der Waals surface area (Å²) in [4.78, 5) is 24.0. The number of thiophene rings is 1. The van der Waals surface area contributed by atoms with Crippen LogP contribution < -0.4 is 10.6 Å². The molecule has 0 fully saturated rings. The summed E-state index contributed by atoms with van der Waals surface area (Å²) in [6.45, 7) is 3.08. The molecular formula is C18H22N2O3S. The fourth-order valence-electron chi connectivity index (χ4n) is 2.10. The molecule has 128 valence electrons. The minimum absolute atomic E-state index is 0.0159. The normalized spacial score (nSPS) is 11.7. The van der Waals surface area contributed by atoms with Crippen LogP contribution in [0.4, 0.5) is 0 Å². The molecule has 0 spiro atoms. The van der Waals surface area contributed by atoms with Crippen LogP contribution in [0, 0.1) is 0 Å². The molecule has 0 bridgehead atoms. The Kier molecular flexibility index (Phi) is 7.45. The number of nitrogens with one attached hydrogen (secondary N) is 2. The molecule has 1 aromatic heterocycles. The van der Waals surface area contributed by atoms with Gasteiger partial charge in [0, 0.05) is 13.2 Å². The van der Waals surface area contributed by atoms with Crippen LogP contribution in [0.3, 0.4) is 0 Å². The van der Waals surface area contributed by atoms with E-state index in [4.69, 9.17) is 4.74 Å². The quantitative estimate of drug-likeness (QED) is 0.686. The lowest BCUT2D eigenvalue weighted by atomic mass is 10.1. The highest BCUT2D eigenvalue weighted by atomic mass is 32.1. The number of hydrogen-bond acceptors (Lipinski definition) is 4. The van der Waals surface area contributed by atoms with E-state index in [2.05, 4.69) is 10.6 Å². The molecule has 0 saturated heterocycles. The number of carbonyl (C=O) groups excluding carboxylic acids is 2. The summed E-state index contributed by atoms with van der Waals surface area (Å²) >= 11 is 1.35. The van der Waals surface area contributed by atoms with Crippen LogP contribution >= 0.6 is 11.3 Å². The van der Waals surface area contributed by atoms with Gasteiger partial charge in [-0.15, -0.1) is 11.3 Å². The van der Waals surface area contributed by atoms with Gasteiger partial charge in [-0.05, 0) is 30.4 Å². The molecule has 2 rings (SSSR count). The lowest BCUT2D eigenvalue weighted by molar-refractivity contribution is -0.120. The van der Waals surface area contributed by atoms with Gasteiger partial charge in [-0.1, -0.05) is 36.4 Å². The molecule has 1 atom stereocenters. The Bertz CT molecular complexity index is 629. The van der Waals surface area contributed by atoms with Gasteiger partial charge in [-0.25, -0.2) is 0 Å². The second-order valence-electron chi connectivity index (χ2n) is 5.29. The molecule has 0 saturated carbocycles. The summed E-state index contributed by atoms with van der Waals surface area (Å²) in [5.41, 5.74) is 1.14. The smallest absolute Gasteiger partial charge is 0.261 e. The number of carbonyl (C=O) groups is 2. The summed E-state index contributed by atoms with van der Waals surface area (Å²) in [6.07, 6.45) is 0.758. The molecule has 24 heavy (non-hydrogen) atoms. The lowest BCUT2D eigenvalue weighted by Crippen LogP contribution is -2.37. The van der Waals surface area contributed by atoms with Crippen molar-refractivity contribution in [3.05, 3.63) is 58.3 Å². The Morgan fingerprint density at radius 3 is 2.62 bits per heavy atom. The third-order valence-electron chi connectivity index (χ3n) is 3.43. The van der Waals surface area contributed by atoms with E-state index in [1.165, 1.54) is 11.3 Å². The van der Waals surface area contributed by atoms with E-state index in [0.29, 0.717) is 18.0 Å². The van der Waals surface area contributed by atoms with Crippen LogP contribution in [0.2, 0.25) is 0 Å². The first-order chi connectivity index (χ1) is 11.7. The zero-order chi connectivity index (χ0) is 17.2. The van der Waals surface area contributed by atoms with E-state index < -0.39 is 0 Å². The Morgan fingerprint density at radius 2 is 1.92 bits per heavy atom. The molecule has 5 nitrogen and oxygen atoms in total. The van der Waals surface area contributed by atoms with Crippen molar-refractivity contribution in [2.45, 2.75) is 19.4 Å². The highest BCUT2D eigenvalue weighted by molar-refractivity contribution is 7.12. The van der Waals surface area contributed by atoms with Crippen molar-refractivity contribution < 1.29 is 14.3 Å². The predicted molar refractivity (Wildman–Crippen MR) is 95.1 cm³/mol. The van der Waals surface area contributed by atoms with Crippen molar-refractivity contribution in [2.24, 2.45) is 0 Å². The lowest BCUT2D eigenvalue weighted by Gasteiger charge is -2.13. The van der Waals surface area contributed by atoms with Crippen LogP contribution in [0.15, 0.2) is 47.8 Å². The van der Waals surface area contributed by atoms with Crippen molar-refractivity contribution in [3.8, 4) is 0 Å². The maximum atomic E-state index is 11.7. The van der Waals surface area contributed by atoms with E-state index in [1.54, 1.807) is 12.1 Å². The largest absolute Gasteiger partial charge is 0.374 e. The Balaban J connectivity index is 1.54. The maximum Gasteiger partial charge on any atom is 0.261 e. The zero-order valence-electron chi connectivity index (χ0n) is 13.7. The van der Waals surface area contributed by atoms with E-state index in [-0.39, 0.29) is 24.5 Å². The average Bonchev–Trinajstić information content (AvgIpc) is 3.14. The van der Waals surface area contributed by atoms with Gasteiger partial charge >= 0.3 is 0 Å². The Morgan fingerprint density at radius 1 is 1.12 bits per heavy atom. The van der Waals surface area contributed by atoms with Crippen molar-refractivity contribution in [2.75, 3.05) is 19.7 Å². The second-order valence-corrected chi connectivity index (χ2v) is 6.23. The Labute approximate surface area is 146 Å². The third kappa shape index (κ3) is 6.14. The van der Waals surface area contributed by atoms with Crippen LogP contribution in [0.5, 0.6) is 0 Å². The molecule has 2 aromatic rings. The molecule has 2 N–H and O–H groups in total. The molecule has 1 aromatic carbocycles. The van der Waals surface area contributed by atoms with Gasteiger partial charge in [-0.3, -0.25) is 9.59 Å². The molecule has 1 heterocycles. The zero-order valence-corrected chi connectivity index (χ0v) is 14.5. The van der Waals surface area contributed by atoms with Gasteiger partial charge in [-0.2, -0.15) is 0 Å². The molecule has 0 radical (unpaired) electrons. The van der Waals surface area contributed by atoms with Crippen LogP contribution in [-0.4, -0.2) is 31.5 Å². The van der Waals surface area contributed by atoms with Crippen molar-refractivity contribution in [1.29, 1.82) is 0 Å². The monoisotopic (exact) mass is 346 g/mol. The molecule has 6 heteroatoms. The number of hydrogen-bond donors (Lipinski definition) is 2. The molecule has 1 unspecified atom stereocenters. The maximum absolute atomic E-state index is 11.7. The summed E-state index contributed by atoms with van der Waals surface area (Å²) in [5, 5.41) is 7.19. The van der Waals surface area contributed by atoms with Crippen molar-refractivity contribution >= 4 is 23.2 Å². The number of ether oxygens (including phenoxy) is 1. The summed E-state index contributed by atoms with van der Waals surface area (Å²) in [5.74, 6) is -0.420.